The van der Waals surface area contributed by atoms with Gasteiger partial charge in [-0.3, -0.25) is 10.1 Å². The highest BCUT2D eigenvalue weighted by Gasteiger charge is 2.17. The van der Waals surface area contributed by atoms with Crippen LogP contribution in [0.4, 0.5) is 11.6 Å². The Balaban J connectivity index is 2.05. The summed E-state index contributed by atoms with van der Waals surface area (Å²) < 4.78 is 2.02. The van der Waals surface area contributed by atoms with Crippen LogP contribution in [0.3, 0.4) is 0 Å². The number of nitrogens with zero attached hydrogens (tertiary/aromatic N) is 4. The van der Waals surface area contributed by atoms with Crippen molar-refractivity contribution in [2.75, 3.05) is 0 Å². The van der Waals surface area contributed by atoms with Gasteiger partial charge in [0.25, 0.3) is 0 Å². The van der Waals surface area contributed by atoms with E-state index in [1.165, 1.54) is 12.3 Å². The number of fused-ring (bicyclic) bond motifs is 1. The van der Waals surface area contributed by atoms with Crippen molar-refractivity contribution in [2.24, 2.45) is 4.99 Å². The van der Waals surface area contributed by atoms with Crippen LogP contribution in [0.2, 0.25) is 0 Å². The van der Waals surface area contributed by atoms with E-state index in [0.717, 1.165) is 30.4 Å². The van der Waals surface area contributed by atoms with E-state index in [1.54, 1.807) is 13.0 Å². The number of nitro groups is 1. The molecule has 0 amide bonds. The Bertz CT molecular complexity index is 992. The first-order valence-electron chi connectivity index (χ1n) is 8.48. The van der Waals surface area contributed by atoms with Crippen molar-refractivity contribution in [3.8, 4) is 5.75 Å². The Hall–Kier alpha value is -3.22. The first-order chi connectivity index (χ1) is 12.5. The van der Waals surface area contributed by atoms with Crippen LogP contribution in [-0.4, -0.2) is 25.8 Å². The lowest BCUT2D eigenvalue weighted by atomic mass is 10.1. The number of aromatic nitrogens is 2. The molecule has 0 unspecified atom stereocenters. The van der Waals surface area contributed by atoms with E-state index in [0.29, 0.717) is 17.1 Å². The third-order valence-corrected chi connectivity index (χ3v) is 4.15. The van der Waals surface area contributed by atoms with Gasteiger partial charge in [-0.05, 0) is 37.1 Å². The minimum absolute atomic E-state index is 0.297. The molecule has 0 aliphatic carbocycles. The summed E-state index contributed by atoms with van der Waals surface area (Å²) in [5.41, 5.74) is 2.48. The molecule has 1 N–H and O–H groups in total. The summed E-state index contributed by atoms with van der Waals surface area (Å²) in [5.74, 6) is 0.128. The van der Waals surface area contributed by atoms with Gasteiger partial charge in [-0.25, -0.2) is 9.98 Å². The van der Waals surface area contributed by atoms with Gasteiger partial charge in [0, 0.05) is 24.4 Å². The molecule has 3 rings (SSSR count). The van der Waals surface area contributed by atoms with E-state index in [1.807, 2.05) is 28.8 Å². The Kier molecular flexibility index (Phi) is 4.97. The molecule has 0 spiro atoms. The van der Waals surface area contributed by atoms with Crippen molar-refractivity contribution in [2.45, 2.75) is 33.2 Å². The van der Waals surface area contributed by atoms with Gasteiger partial charge in [0.2, 0.25) is 11.7 Å². The molecule has 0 saturated carbocycles. The number of benzene rings is 2. The zero-order chi connectivity index (χ0) is 18.7. The number of aromatic hydroxyl groups is 1. The Morgan fingerprint density at radius 2 is 2.12 bits per heavy atom. The van der Waals surface area contributed by atoms with Crippen molar-refractivity contribution in [1.82, 2.24) is 9.55 Å². The normalized spacial score (nSPS) is 11.5. The zero-order valence-electron chi connectivity index (χ0n) is 14.7. The average molecular weight is 352 g/mol. The second-order valence-electron chi connectivity index (χ2n) is 6.14. The molecule has 26 heavy (non-hydrogen) atoms. The van der Waals surface area contributed by atoms with Crippen LogP contribution in [-0.2, 0) is 6.54 Å². The minimum atomic E-state index is -0.601. The van der Waals surface area contributed by atoms with Crippen LogP contribution >= 0.6 is 0 Å². The van der Waals surface area contributed by atoms with Gasteiger partial charge >= 0.3 is 5.69 Å². The highest BCUT2D eigenvalue weighted by atomic mass is 16.6. The van der Waals surface area contributed by atoms with Gasteiger partial charge in [-0.15, -0.1) is 0 Å². The quantitative estimate of drug-likeness (QED) is 0.401. The summed E-state index contributed by atoms with van der Waals surface area (Å²) in [4.78, 5) is 19.4. The Labute approximate surface area is 150 Å². The molecule has 1 heterocycles. The highest BCUT2D eigenvalue weighted by Crippen LogP contribution is 2.30. The first-order valence-corrected chi connectivity index (χ1v) is 8.48. The molecule has 1 aromatic heterocycles. The molecule has 7 nitrogen and oxygen atoms in total. The molecule has 0 atom stereocenters. The standard InChI is InChI=1S/C19H20N4O3/c1-3-4-9-22-16-8-6-5-7-15(16)21-19(22)20-12-14-10-13(2)11-17(18(14)24)23(25)26/h5-8,10-12,24H,3-4,9H2,1-2H3/b20-12+. The van der Waals surface area contributed by atoms with Crippen LogP contribution in [0.25, 0.3) is 11.0 Å². The lowest BCUT2D eigenvalue weighted by Gasteiger charge is -2.05. The van der Waals surface area contributed by atoms with Gasteiger partial charge in [-0.1, -0.05) is 25.5 Å². The predicted octanol–water partition coefficient (Wildman–Crippen LogP) is 4.51. The number of unbranched alkanes of at least 4 members (excludes halogenated alkanes) is 1. The SMILES string of the molecule is CCCCn1c(/N=C/c2cc(C)cc([N+](=O)[O-])c2O)nc2ccccc21. The Morgan fingerprint density at radius 3 is 2.85 bits per heavy atom. The second kappa shape index (κ2) is 7.35. The summed E-state index contributed by atoms with van der Waals surface area (Å²) in [7, 11) is 0. The summed E-state index contributed by atoms with van der Waals surface area (Å²) in [6, 6.07) is 10.8. The number of phenolic OH excluding ortho intramolecular Hbond substituents is 1. The number of imidazole rings is 1. The fraction of sp³-hybridized carbons (Fsp3) is 0.263. The van der Waals surface area contributed by atoms with Gasteiger partial charge < -0.3 is 9.67 Å². The van der Waals surface area contributed by atoms with Crippen LogP contribution in [0.1, 0.15) is 30.9 Å². The number of para-hydroxylation sites is 2. The molecule has 3 aromatic rings. The molecule has 0 radical (unpaired) electrons. The van der Waals surface area contributed by atoms with E-state index >= 15 is 0 Å². The maximum atomic E-state index is 11.1. The van der Waals surface area contributed by atoms with Crippen LogP contribution < -0.4 is 0 Å². The van der Waals surface area contributed by atoms with Crippen molar-refractivity contribution < 1.29 is 10.0 Å². The number of aliphatic imine (C=N–C) groups is 1. The molecule has 0 aliphatic rings. The topological polar surface area (TPSA) is 93.5 Å². The minimum Gasteiger partial charge on any atom is -0.502 e. The fourth-order valence-electron chi connectivity index (χ4n) is 2.85. The summed E-state index contributed by atoms with van der Waals surface area (Å²) in [5, 5.41) is 21.2. The van der Waals surface area contributed by atoms with E-state index in [4.69, 9.17) is 0 Å². The van der Waals surface area contributed by atoms with Crippen molar-refractivity contribution in [3.63, 3.8) is 0 Å². The maximum absolute atomic E-state index is 11.1. The lowest BCUT2D eigenvalue weighted by molar-refractivity contribution is -0.385. The maximum Gasteiger partial charge on any atom is 0.311 e. The molecule has 7 heteroatoms. The van der Waals surface area contributed by atoms with E-state index < -0.39 is 4.92 Å². The highest BCUT2D eigenvalue weighted by molar-refractivity contribution is 5.88. The molecule has 2 aromatic carbocycles. The number of hydrogen-bond acceptors (Lipinski definition) is 5. The summed E-state index contributed by atoms with van der Waals surface area (Å²) in [6.07, 6.45) is 3.46. The smallest absolute Gasteiger partial charge is 0.311 e. The predicted molar refractivity (Wildman–Crippen MR) is 101 cm³/mol. The van der Waals surface area contributed by atoms with Gasteiger partial charge in [0.15, 0.2) is 0 Å². The number of aryl methyl sites for hydroxylation is 2. The van der Waals surface area contributed by atoms with Gasteiger partial charge in [0.05, 0.1) is 16.0 Å². The number of hydrogen-bond donors (Lipinski definition) is 1. The average Bonchev–Trinajstić information content (AvgIpc) is 2.97. The lowest BCUT2D eigenvalue weighted by Crippen LogP contribution is -1.98. The first kappa shape index (κ1) is 17.6. The molecule has 0 fully saturated rings. The molecule has 0 bridgehead atoms. The largest absolute Gasteiger partial charge is 0.502 e. The third kappa shape index (κ3) is 3.42. The molecule has 134 valence electrons. The summed E-state index contributed by atoms with van der Waals surface area (Å²) in [6.45, 7) is 4.63. The van der Waals surface area contributed by atoms with Crippen molar-refractivity contribution in [1.29, 1.82) is 0 Å². The van der Waals surface area contributed by atoms with Crippen LogP contribution in [0, 0.1) is 17.0 Å². The fourth-order valence-corrected chi connectivity index (χ4v) is 2.85. The second-order valence-corrected chi connectivity index (χ2v) is 6.14. The zero-order valence-corrected chi connectivity index (χ0v) is 14.7. The molecule has 0 saturated heterocycles. The van der Waals surface area contributed by atoms with E-state index in [-0.39, 0.29) is 11.4 Å². The monoisotopic (exact) mass is 352 g/mol. The van der Waals surface area contributed by atoms with Gasteiger partial charge in [0.1, 0.15) is 0 Å². The van der Waals surface area contributed by atoms with E-state index in [2.05, 4.69) is 16.9 Å². The van der Waals surface area contributed by atoms with Crippen LogP contribution in [0.15, 0.2) is 41.4 Å². The third-order valence-electron chi connectivity index (χ3n) is 4.15. The number of rotatable bonds is 6. The number of phenols is 1. The summed E-state index contributed by atoms with van der Waals surface area (Å²) >= 11 is 0. The van der Waals surface area contributed by atoms with Gasteiger partial charge in [-0.2, -0.15) is 0 Å². The van der Waals surface area contributed by atoms with E-state index in [9.17, 15) is 15.2 Å². The van der Waals surface area contributed by atoms with Crippen molar-refractivity contribution >= 4 is 28.9 Å². The number of nitro benzene ring substituents is 1. The molecular formula is C19H20N4O3. The van der Waals surface area contributed by atoms with Crippen molar-refractivity contribution in [3.05, 3.63) is 57.6 Å². The molecular weight excluding hydrogens is 332 g/mol. The van der Waals surface area contributed by atoms with Crippen LogP contribution in [0.5, 0.6) is 5.75 Å². The molecule has 0 aliphatic heterocycles. The Morgan fingerprint density at radius 1 is 1.35 bits per heavy atom.